The van der Waals surface area contributed by atoms with Gasteiger partial charge in [-0.05, 0) is 36.5 Å². The summed E-state index contributed by atoms with van der Waals surface area (Å²) >= 11 is 9.69. The lowest BCUT2D eigenvalue weighted by Gasteiger charge is -2.39. The smallest absolute Gasteiger partial charge is 0.0406 e. The van der Waals surface area contributed by atoms with E-state index in [1.54, 1.807) is 0 Å². The second kappa shape index (κ2) is 6.40. The van der Waals surface area contributed by atoms with Crippen LogP contribution in [-0.4, -0.2) is 11.4 Å². The monoisotopic (exact) mass is 329 g/mol. The molecule has 18 heavy (non-hydrogen) atoms. The largest absolute Gasteiger partial charge is 0.306 e. The maximum absolute atomic E-state index is 6.22. The van der Waals surface area contributed by atoms with Gasteiger partial charge in [0.1, 0.15) is 0 Å². The highest BCUT2D eigenvalue weighted by atomic mass is 79.9. The average Bonchev–Trinajstić information content (AvgIpc) is 2.38. The molecule has 1 aromatic carbocycles. The van der Waals surface area contributed by atoms with Crippen molar-refractivity contribution in [3.8, 4) is 0 Å². The lowest BCUT2D eigenvalue weighted by Crippen LogP contribution is -2.49. The Bertz CT molecular complexity index is 379. The molecule has 1 aliphatic carbocycles. The van der Waals surface area contributed by atoms with Gasteiger partial charge in [-0.1, -0.05) is 47.8 Å². The molecule has 2 atom stereocenters. The van der Waals surface area contributed by atoms with Gasteiger partial charge in [-0.3, -0.25) is 0 Å². The first-order valence-electron chi connectivity index (χ1n) is 6.69. The highest BCUT2D eigenvalue weighted by Crippen LogP contribution is 2.33. The molecular formula is C15H21BrClN. The van der Waals surface area contributed by atoms with Crippen molar-refractivity contribution in [2.45, 2.75) is 44.7 Å². The maximum Gasteiger partial charge on any atom is 0.0406 e. The van der Waals surface area contributed by atoms with E-state index in [4.69, 9.17) is 11.6 Å². The van der Waals surface area contributed by atoms with Gasteiger partial charge in [0, 0.05) is 22.4 Å². The zero-order chi connectivity index (χ0) is 13.0. The molecule has 3 heteroatoms. The minimum Gasteiger partial charge on any atom is -0.306 e. The summed E-state index contributed by atoms with van der Waals surface area (Å²) in [5.41, 5.74) is 1.47. The van der Waals surface area contributed by atoms with Crippen LogP contribution in [0.15, 0.2) is 28.7 Å². The quantitative estimate of drug-likeness (QED) is 0.787. The average molecular weight is 331 g/mol. The molecule has 1 aliphatic rings. The van der Waals surface area contributed by atoms with Crippen molar-refractivity contribution < 1.29 is 0 Å². The third-order valence-electron chi connectivity index (χ3n) is 3.93. The summed E-state index contributed by atoms with van der Waals surface area (Å²) in [5, 5.41) is 3.70. The minimum atomic E-state index is 0.145. The van der Waals surface area contributed by atoms with Crippen molar-refractivity contribution in [2.75, 3.05) is 5.88 Å². The normalized spacial score (nSPS) is 28.3. The molecule has 1 aromatic rings. The molecule has 0 aromatic heterocycles. The lowest BCUT2D eigenvalue weighted by molar-refractivity contribution is 0.207. The van der Waals surface area contributed by atoms with Crippen molar-refractivity contribution in [3.05, 3.63) is 34.3 Å². The highest BCUT2D eigenvalue weighted by Gasteiger charge is 2.33. The van der Waals surface area contributed by atoms with Crippen LogP contribution >= 0.6 is 27.5 Å². The Labute approximate surface area is 123 Å². The molecule has 1 nitrogen and oxygen atoms in total. The predicted molar refractivity (Wildman–Crippen MR) is 82.1 cm³/mol. The van der Waals surface area contributed by atoms with E-state index in [1.807, 2.05) is 0 Å². The van der Waals surface area contributed by atoms with E-state index in [1.165, 1.54) is 31.2 Å². The molecule has 2 rings (SSSR count). The van der Waals surface area contributed by atoms with Crippen LogP contribution in [0, 0.1) is 5.92 Å². The molecule has 0 saturated heterocycles. The van der Waals surface area contributed by atoms with Gasteiger partial charge < -0.3 is 5.32 Å². The number of hydrogen-bond acceptors (Lipinski definition) is 1. The van der Waals surface area contributed by atoms with E-state index in [-0.39, 0.29) is 5.54 Å². The Balaban J connectivity index is 1.96. The van der Waals surface area contributed by atoms with Crippen LogP contribution in [0.4, 0.5) is 0 Å². The van der Waals surface area contributed by atoms with Gasteiger partial charge >= 0.3 is 0 Å². The number of benzene rings is 1. The van der Waals surface area contributed by atoms with E-state index < -0.39 is 0 Å². The predicted octanol–water partition coefficient (Wildman–Crippen LogP) is 4.73. The Morgan fingerprint density at radius 2 is 2.11 bits per heavy atom. The third-order valence-corrected chi connectivity index (χ3v) is 4.97. The summed E-state index contributed by atoms with van der Waals surface area (Å²) in [4.78, 5) is 0. The van der Waals surface area contributed by atoms with Crippen molar-refractivity contribution in [1.82, 2.24) is 5.32 Å². The van der Waals surface area contributed by atoms with Crippen molar-refractivity contribution in [1.29, 1.82) is 0 Å². The summed E-state index contributed by atoms with van der Waals surface area (Å²) in [7, 11) is 0. The molecule has 0 bridgehead atoms. The Morgan fingerprint density at radius 3 is 2.72 bits per heavy atom. The number of alkyl halides is 1. The second-order valence-corrected chi connectivity index (χ2v) is 6.78. The molecule has 1 saturated carbocycles. The fraction of sp³-hybridized carbons (Fsp3) is 0.600. The van der Waals surface area contributed by atoms with Crippen LogP contribution < -0.4 is 5.32 Å². The van der Waals surface area contributed by atoms with Gasteiger partial charge in [-0.2, -0.15) is 0 Å². The molecule has 1 N–H and O–H groups in total. The SMILES string of the molecule is CC1CCCC(CCl)(NCc2ccc(Br)cc2)C1. The molecule has 2 unspecified atom stereocenters. The number of halogens is 2. The standard InChI is InChI=1S/C15H21BrClN/c1-12-3-2-8-15(9-12,11-17)18-10-13-4-6-14(16)7-5-13/h4-7,12,18H,2-3,8-11H2,1H3. The zero-order valence-corrected chi connectivity index (χ0v) is 13.2. The third kappa shape index (κ3) is 3.72. The van der Waals surface area contributed by atoms with E-state index >= 15 is 0 Å². The zero-order valence-electron chi connectivity index (χ0n) is 10.9. The van der Waals surface area contributed by atoms with Gasteiger partial charge in [0.15, 0.2) is 0 Å². The van der Waals surface area contributed by atoms with Crippen LogP contribution in [-0.2, 0) is 6.54 Å². The van der Waals surface area contributed by atoms with Crippen LogP contribution in [0.25, 0.3) is 0 Å². The molecule has 1 fully saturated rings. The van der Waals surface area contributed by atoms with Crippen molar-refractivity contribution >= 4 is 27.5 Å². The van der Waals surface area contributed by atoms with Crippen LogP contribution in [0.1, 0.15) is 38.2 Å². The number of rotatable bonds is 4. The first-order chi connectivity index (χ1) is 8.63. The van der Waals surface area contributed by atoms with Crippen LogP contribution in [0.2, 0.25) is 0 Å². The van der Waals surface area contributed by atoms with Crippen LogP contribution in [0.5, 0.6) is 0 Å². The van der Waals surface area contributed by atoms with E-state index in [2.05, 4.69) is 52.4 Å². The fourth-order valence-corrected chi connectivity index (χ4v) is 3.48. The molecule has 0 amide bonds. The summed E-state index contributed by atoms with van der Waals surface area (Å²) in [6.07, 6.45) is 5.05. The molecule has 0 radical (unpaired) electrons. The Kier molecular flexibility index (Phi) is 5.11. The first kappa shape index (κ1) is 14.4. The topological polar surface area (TPSA) is 12.0 Å². The molecule has 0 aliphatic heterocycles. The molecule has 0 spiro atoms. The molecule has 0 heterocycles. The number of nitrogens with one attached hydrogen (secondary N) is 1. The summed E-state index contributed by atoms with van der Waals surface area (Å²) in [5.74, 6) is 1.50. The highest BCUT2D eigenvalue weighted by molar-refractivity contribution is 9.10. The van der Waals surface area contributed by atoms with Gasteiger partial charge in [0.2, 0.25) is 0 Å². The van der Waals surface area contributed by atoms with E-state index in [9.17, 15) is 0 Å². The minimum absolute atomic E-state index is 0.145. The molecule has 100 valence electrons. The van der Waals surface area contributed by atoms with Crippen LogP contribution in [0.3, 0.4) is 0 Å². The summed E-state index contributed by atoms with van der Waals surface area (Å²) in [6, 6.07) is 8.50. The van der Waals surface area contributed by atoms with Crippen molar-refractivity contribution in [2.24, 2.45) is 5.92 Å². The van der Waals surface area contributed by atoms with Gasteiger partial charge in [0.25, 0.3) is 0 Å². The first-order valence-corrected chi connectivity index (χ1v) is 8.02. The molecular weight excluding hydrogens is 310 g/mol. The Morgan fingerprint density at radius 1 is 1.39 bits per heavy atom. The second-order valence-electron chi connectivity index (χ2n) is 5.60. The van der Waals surface area contributed by atoms with E-state index in [0.29, 0.717) is 5.88 Å². The fourth-order valence-electron chi connectivity index (χ4n) is 2.88. The van der Waals surface area contributed by atoms with Gasteiger partial charge in [-0.25, -0.2) is 0 Å². The Hall–Kier alpha value is -0.0500. The number of hydrogen-bond donors (Lipinski definition) is 1. The summed E-state index contributed by atoms with van der Waals surface area (Å²) in [6.45, 7) is 3.24. The summed E-state index contributed by atoms with van der Waals surface area (Å²) < 4.78 is 1.13. The van der Waals surface area contributed by atoms with Crippen molar-refractivity contribution in [3.63, 3.8) is 0 Å². The van der Waals surface area contributed by atoms with Gasteiger partial charge in [0.05, 0.1) is 0 Å². The van der Waals surface area contributed by atoms with E-state index in [0.717, 1.165) is 16.9 Å². The van der Waals surface area contributed by atoms with Gasteiger partial charge in [-0.15, -0.1) is 11.6 Å². The maximum atomic E-state index is 6.22. The lowest BCUT2D eigenvalue weighted by atomic mass is 9.77.